The van der Waals surface area contributed by atoms with Crippen molar-refractivity contribution in [3.63, 3.8) is 0 Å². The summed E-state index contributed by atoms with van der Waals surface area (Å²) in [6, 6.07) is 8.18. The molecule has 2 aliphatic rings. The molecule has 8 heteroatoms. The Morgan fingerprint density at radius 1 is 1.04 bits per heavy atom. The van der Waals surface area contributed by atoms with Crippen LogP contribution in [-0.2, 0) is 10.0 Å². The van der Waals surface area contributed by atoms with E-state index in [9.17, 15) is 13.2 Å². The van der Waals surface area contributed by atoms with E-state index in [2.05, 4.69) is 15.1 Å². The molecule has 1 aromatic carbocycles. The van der Waals surface area contributed by atoms with E-state index in [1.807, 2.05) is 4.68 Å². The quantitative estimate of drug-likeness (QED) is 0.813. The van der Waals surface area contributed by atoms with Gasteiger partial charge in [-0.1, -0.05) is 12.8 Å². The number of carbonyl (C=O) groups excluding carboxylic acids is 1. The van der Waals surface area contributed by atoms with Crippen LogP contribution in [0.4, 0.5) is 5.82 Å². The molecule has 2 fully saturated rings. The average Bonchev–Trinajstić information content (AvgIpc) is 3.10. The molecule has 0 spiro atoms. The van der Waals surface area contributed by atoms with E-state index in [1.54, 1.807) is 12.3 Å². The van der Waals surface area contributed by atoms with Crippen molar-refractivity contribution in [2.24, 2.45) is 0 Å². The van der Waals surface area contributed by atoms with Gasteiger partial charge >= 0.3 is 0 Å². The number of hydrogen-bond donors (Lipinski definition) is 2. The predicted molar refractivity (Wildman–Crippen MR) is 97.5 cm³/mol. The molecule has 26 heavy (non-hydrogen) atoms. The first-order chi connectivity index (χ1) is 12.5. The maximum absolute atomic E-state index is 12.5. The van der Waals surface area contributed by atoms with Gasteiger partial charge in [0.25, 0.3) is 5.91 Å². The smallest absolute Gasteiger partial charge is 0.256 e. The molecule has 2 N–H and O–H groups in total. The van der Waals surface area contributed by atoms with Crippen molar-refractivity contribution in [2.45, 2.75) is 55.5 Å². The minimum Gasteiger partial charge on any atom is -0.307 e. The van der Waals surface area contributed by atoms with E-state index < -0.39 is 10.0 Å². The molecule has 1 heterocycles. The third-order valence-corrected chi connectivity index (χ3v) is 6.44. The van der Waals surface area contributed by atoms with Gasteiger partial charge in [0.2, 0.25) is 10.0 Å². The highest BCUT2D eigenvalue weighted by Gasteiger charge is 2.28. The molecule has 4 rings (SSSR count). The Bertz CT molecular complexity index is 895. The number of hydrogen-bond acceptors (Lipinski definition) is 4. The van der Waals surface area contributed by atoms with Crippen molar-refractivity contribution in [3.8, 4) is 0 Å². The van der Waals surface area contributed by atoms with Crippen LogP contribution in [0.25, 0.3) is 0 Å². The van der Waals surface area contributed by atoms with Crippen molar-refractivity contribution < 1.29 is 13.2 Å². The molecule has 1 amide bonds. The molecule has 2 aromatic rings. The summed E-state index contributed by atoms with van der Waals surface area (Å²) in [6.07, 6.45) is 7.97. The zero-order valence-electron chi connectivity index (χ0n) is 14.4. The molecule has 0 atom stereocenters. The normalized spacial score (nSPS) is 18.2. The highest BCUT2D eigenvalue weighted by Crippen LogP contribution is 2.31. The van der Waals surface area contributed by atoms with Gasteiger partial charge in [0, 0.05) is 17.7 Å². The number of carbonyl (C=O) groups is 1. The van der Waals surface area contributed by atoms with E-state index >= 15 is 0 Å². The first-order valence-electron chi connectivity index (χ1n) is 9.00. The van der Waals surface area contributed by atoms with Gasteiger partial charge in [0.1, 0.15) is 5.82 Å². The van der Waals surface area contributed by atoms with E-state index in [0.29, 0.717) is 17.4 Å². The van der Waals surface area contributed by atoms with E-state index in [1.165, 1.54) is 37.1 Å². The van der Waals surface area contributed by atoms with Gasteiger partial charge < -0.3 is 5.32 Å². The van der Waals surface area contributed by atoms with Gasteiger partial charge in [-0.3, -0.25) is 4.79 Å². The van der Waals surface area contributed by atoms with Crippen LogP contribution in [0.2, 0.25) is 0 Å². The third kappa shape index (κ3) is 3.66. The Balaban J connectivity index is 1.46. The number of nitrogens with one attached hydrogen (secondary N) is 2. The number of benzene rings is 1. The SMILES string of the molecule is O=C(Nc1ccnn1C1CCCC1)c1ccc(S(=O)(=O)NC2CC2)cc1. The second-order valence-electron chi connectivity index (χ2n) is 6.97. The van der Waals surface area contributed by atoms with Crippen LogP contribution in [0.15, 0.2) is 41.4 Å². The Morgan fingerprint density at radius 3 is 2.38 bits per heavy atom. The molecule has 2 aliphatic carbocycles. The first kappa shape index (κ1) is 17.2. The number of aromatic nitrogens is 2. The van der Waals surface area contributed by atoms with E-state index in [-0.39, 0.29) is 16.8 Å². The van der Waals surface area contributed by atoms with Gasteiger partial charge in [-0.25, -0.2) is 17.8 Å². The average molecular weight is 374 g/mol. The summed E-state index contributed by atoms with van der Waals surface area (Å²) in [5, 5.41) is 7.22. The van der Waals surface area contributed by atoms with Crippen molar-refractivity contribution >= 4 is 21.7 Å². The molecular formula is C18H22N4O3S. The topological polar surface area (TPSA) is 93.1 Å². The minimum absolute atomic E-state index is 0.0545. The summed E-state index contributed by atoms with van der Waals surface area (Å²) in [7, 11) is -3.50. The van der Waals surface area contributed by atoms with Gasteiger partial charge in [-0.05, 0) is 49.9 Å². The number of rotatable bonds is 6. The molecule has 2 saturated carbocycles. The highest BCUT2D eigenvalue weighted by atomic mass is 32.2. The zero-order valence-corrected chi connectivity index (χ0v) is 15.2. The zero-order chi connectivity index (χ0) is 18.1. The Morgan fingerprint density at radius 2 is 1.73 bits per heavy atom. The fourth-order valence-electron chi connectivity index (χ4n) is 3.32. The molecule has 0 unspecified atom stereocenters. The summed E-state index contributed by atoms with van der Waals surface area (Å²) in [5.74, 6) is 0.401. The van der Waals surface area contributed by atoms with Crippen LogP contribution in [0.5, 0.6) is 0 Å². The van der Waals surface area contributed by atoms with Crippen LogP contribution >= 0.6 is 0 Å². The minimum atomic E-state index is -3.50. The molecule has 0 aliphatic heterocycles. The summed E-state index contributed by atoms with van der Waals surface area (Å²) >= 11 is 0. The van der Waals surface area contributed by atoms with Crippen molar-refractivity contribution in [1.29, 1.82) is 0 Å². The first-order valence-corrected chi connectivity index (χ1v) is 10.5. The largest absolute Gasteiger partial charge is 0.307 e. The standard InChI is InChI=1S/C18H22N4O3S/c23-18(20-17-11-12-19-22(17)15-3-1-2-4-15)13-5-9-16(10-6-13)26(24,25)21-14-7-8-14/h5-6,9-12,14-15,21H,1-4,7-8H2,(H,20,23). The fraction of sp³-hybridized carbons (Fsp3) is 0.444. The van der Waals surface area contributed by atoms with Crippen LogP contribution in [0.3, 0.4) is 0 Å². The third-order valence-electron chi connectivity index (χ3n) is 4.91. The van der Waals surface area contributed by atoms with Gasteiger partial charge in [-0.2, -0.15) is 5.10 Å². The van der Waals surface area contributed by atoms with Gasteiger partial charge in [0.15, 0.2) is 0 Å². The predicted octanol–water partition coefficient (Wildman–Crippen LogP) is 2.69. The lowest BCUT2D eigenvalue weighted by Crippen LogP contribution is -2.25. The number of nitrogens with zero attached hydrogens (tertiary/aromatic N) is 2. The lowest BCUT2D eigenvalue weighted by molar-refractivity contribution is 0.102. The van der Waals surface area contributed by atoms with Gasteiger partial charge in [0.05, 0.1) is 17.1 Å². The number of anilines is 1. The molecular weight excluding hydrogens is 352 g/mol. The molecule has 0 saturated heterocycles. The van der Waals surface area contributed by atoms with Crippen molar-refractivity contribution in [2.75, 3.05) is 5.32 Å². The summed E-state index contributed by atoms with van der Waals surface area (Å²) in [6.45, 7) is 0. The van der Waals surface area contributed by atoms with Crippen LogP contribution in [0.1, 0.15) is 54.9 Å². The van der Waals surface area contributed by atoms with E-state index in [0.717, 1.165) is 25.7 Å². The van der Waals surface area contributed by atoms with Gasteiger partial charge in [-0.15, -0.1) is 0 Å². The van der Waals surface area contributed by atoms with Crippen molar-refractivity contribution in [3.05, 3.63) is 42.1 Å². The number of amides is 1. The fourth-order valence-corrected chi connectivity index (χ4v) is 4.62. The van der Waals surface area contributed by atoms with Crippen molar-refractivity contribution in [1.82, 2.24) is 14.5 Å². The maximum Gasteiger partial charge on any atom is 0.256 e. The summed E-state index contributed by atoms with van der Waals surface area (Å²) in [4.78, 5) is 12.7. The summed E-state index contributed by atoms with van der Waals surface area (Å²) in [5.41, 5.74) is 0.412. The van der Waals surface area contributed by atoms with E-state index in [4.69, 9.17) is 0 Å². The highest BCUT2D eigenvalue weighted by molar-refractivity contribution is 7.89. The Hall–Kier alpha value is -2.19. The Kier molecular flexibility index (Phi) is 4.54. The maximum atomic E-state index is 12.5. The number of sulfonamides is 1. The Labute approximate surface area is 152 Å². The molecule has 138 valence electrons. The van der Waals surface area contributed by atoms with Crippen LogP contribution < -0.4 is 10.0 Å². The van der Waals surface area contributed by atoms with Crippen LogP contribution in [0, 0.1) is 0 Å². The molecule has 1 aromatic heterocycles. The molecule has 7 nitrogen and oxygen atoms in total. The monoisotopic (exact) mass is 374 g/mol. The molecule has 0 radical (unpaired) electrons. The summed E-state index contributed by atoms with van der Waals surface area (Å²) < 4.78 is 28.9. The van der Waals surface area contributed by atoms with Crippen LogP contribution in [-0.4, -0.2) is 30.1 Å². The lowest BCUT2D eigenvalue weighted by Gasteiger charge is -2.14. The second kappa shape index (κ2) is 6.85. The molecule has 0 bridgehead atoms. The lowest BCUT2D eigenvalue weighted by atomic mass is 10.2. The second-order valence-corrected chi connectivity index (χ2v) is 8.69.